The van der Waals surface area contributed by atoms with Gasteiger partial charge in [-0.05, 0) is 49.3 Å². The van der Waals surface area contributed by atoms with E-state index < -0.39 is 0 Å². The van der Waals surface area contributed by atoms with Crippen molar-refractivity contribution in [3.63, 3.8) is 0 Å². The molecule has 0 spiro atoms. The number of carbonyl (C=O) groups is 1. The summed E-state index contributed by atoms with van der Waals surface area (Å²) in [6, 6.07) is 8.50. The van der Waals surface area contributed by atoms with Gasteiger partial charge in [0.1, 0.15) is 6.61 Å². The second-order valence-corrected chi connectivity index (χ2v) is 7.96. The maximum absolute atomic E-state index is 12.2. The van der Waals surface area contributed by atoms with Gasteiger partial charge >= 0.3 is 6.09 Å². The van der Waals surface area contributed by atoms with Crippen LogP contribution in [0.25, 0.3) is 0 Å². The van der Waals surface area contributed by atoms with Gasteiger partial charge in [-0.3, -0.25) is 4.90 Å². The number of hydrogen-bond acceptors (Lipinski definition) is 3. The van der Waals surface area contributed by atoms with E-state index in [1.165, 1.54) is 5.56 Å². The monoisotopic (exact) mass is 386 g/mol. The summed E-state index contributed by atoms with van der Waals surface area (Å²) in [6.45, 7) is 5.43. The number of nitrogens with two attached hydrogens (primary N) is 1. The molecule has 1 aliphatic heterocycles. The molecule has 1 aromatic rings. The summed E-state index contributed by atoms with van der Waals surface area (Å²) < 4.78 is 5.32. The van der Waals surface area contributed by atoms with Crippen molar-refractivity contribution >= 4 is 30.1 Å². The fourth-order valence-electron chi connectivity index (χ4n) is 4.24. The molecular weight excluding hydrogens is 359 g/mol. The van der Waals surface area contributed by atoms with Crippen LogP contribution in [0.1, 0.15) is 45.1 Å². The second-order valence-electron chi connectivity index (χ2n) is 7.52. The van der Waals surface area contributed by atoms with Gasteiger partial charge in [0.2, 0.25) is 0 Å². The molecule has 1 saturated heterocycles. The smallest absolute Gasteiger partial charge is 0.410 e. The van der Waals surface area contributed by atoms with Crippen LogP contribution in [-0.4, -0.2) is 36.2 Å². The minimum Gasteiger partial charge on any atom is -0.447 e. The molecule has 1 saturated carbocycles. The zero-order valence-electron chi connectivity index (χ0n) is 14.9. The number of cyclic esters (lactones) is 1. The fourth-order valence-corrected chi connectivity index (χ4v) is 4.43. The maximum Gasteiger partial charge on any atom is 0.410 e. The summed E-state index contributed by atoms with van der Waals surface area (Å²) in [7, 11) is 0. The van der Waals surface area contributed by atoms with E-state index in [0.29, 0.717) is 19.1 Å². The Hall–Kier alpha value is -0.970. The lowest BCUT2D eigenvalue weighted by atomic mass is 9.68. The summed E-state index contributed by atoms with van der Waals surface area (Å²) in [6.07, 6.45) is 3.72. The van der Waals surface area contributed by atoms with Crippen LogP contribution in [0.2, 0.25) is 5.02 Å². The van der Waals surface area contributed by atoms with Gasteiger partial charge in [0, 0.05) is 23.0 Å². The van der Waals surface area contributed by atoms with E-state index in [1.807, 2.05) is 23.1 Å². The molecule has 3 rings (SSSR count). The highest BCUT2D eigenvalue weighted by Gasteiger charge is 2.44. The van der Waals surface area contributed by atoms with Crippen LogP contribution in [-0.2, 0) is 10.2 Å². The molecule has 0 unspecified atom stereocenters. The van der Waals surface area contributed by atoms with Crippen molar-refractivity contribution in [2.45, 2.75) is 57.0 Å². The van der Waals surface area contributed by atoms with Crippen LogP contribution < -0.4 is 5.73 Å². The number of hydrogen-bond donors (Lipinski definition) is 1. The largest absolute Gasteiger partial charge is 0.447 e. The third-order valence-electron chi connectivity index (χ3n) is 5.85. The lowest BCUT2D eigenvalue weighted by molar-refractivity contribution is 0.108. The zero-order chi connectivity index (χ0) is 17.3. The zero-order valence-corrected chi connectivity index (χ0v) is 16.5. The van der Waals surface area contributed by atoms with Crippen molar-refractivity contribution in [3.05, 3.63) is 34.9 Å². The highest BCUT2D eigenvalue weighted by Crippen LogP contribution is 2.42. The van der Waals surface area contributed by atoms with Crippen LogP contribution in [0.4, 0.5) is 4.79 Å². The van der Waals surface area contributed by atoms with Gasteiger partial charge in [0.15, 0.2) is 0 Å². The lowest BCUT2D eigenvalue weighted by Gasteiger charge is -2.43. The van der Waals surface area contributed by atoms with Crippen molar-refractivity contribution in [1.82, 2.24) is 4.90 Å². The van der Waals surface area contributed by atoms with E-state index in [0.717, 1.165) is 30.7 Å². The summed E-state index contributed by atoms with van der Waals surface area (Å²) in [5, 5.41) is 0.755. The molecule has 1 amide bonds. The average molecular weight is 387 g/mol. The third-order valence-corrected chi connectivity index (χ3v) is 6.08. The topological polar surface area (TPSA) is 55.6 Å². The van der Waals surface area contributed by atoms with Gasteiger partial charge in [-0.25, -0.2) is 4.79 Å². The molecule has 4 nitrogen and oxygen atoms in total. The summed E-state index contributed by atoms with van der Waals surface area (Å²) in [5.41, 5.74) is 7.37. The van der Waals surface area contributed by atoms with Crippen molar-refractivity contribution in [3.8, 4) is 0 Å². The van der Waals surface area contributed by atoms with Gasteiger partial charge < -0.3 is 10.5 Å². The lowest BCUT2D eigenvalue weighted by Crippen LogP contribution is -2.49. The molecule has 25 heavy (non-hydrogen) atoms. The van der Waals surface area contributed by atoms with Crippen molar-refractivity contribution in [2.75, 3.05) is 13.2 Å². The molecule has 6 heteroatoms. The molecule has 140 valence electrons. The van der Waals surface area contributed by atoms with Crippen molar-refractivity contribution in [1.29, 1.82) is 0 Å². The SMILES string of the molecule is CC(C)[C@H]1COC(=O)N1[C@H]1CC[C@](CN)(c2cccc(Cl)c2)CC1.Cl. The van der Waals surface area contributed by atoms with E-state index in [1.54, 1.807) is 0 Å². The molecular formula is C19H28Cl2N2O2. The van der Waals surface area contributed by atoms with Crippen molar-refractivity contribution in [2.24, 2.45) is 11.7 Å². The summed E-state index contributed by atoms with van der Waals surface area (Å²) in [5.74, 6) is 0.408. The van der Waals surface area contributed by atoms with Crippen LogP contribution in [0.3, 0.4) is 0 Å². The van der Waals surface area contributed by atoms with Crippen molar-refractivity contribution < 1.29 is 9.53 Å². The van der Waals surface area contributed by atoms with Crippen LogP contribution >= 0.6 is 24.0 Å². The molecule has 0 bridgehead atoms. The summed E-state index contributed by atoms with van der Waals surface area (Å²) >= 11 is 6.18. The number of amides is 1. The second kappa shape index (κ2) is 8.15. The Labute approximate surface area is 161 Å². The van der Waals surface area contributed by atoms with Gasteiger partial charge in [0.05, 0.1) is 6.04 Å². The Bertz CT molecular complexity index is 601. The Morgan fingerprint density at radius 3 is 2.60 bits per heavy atom. The molecule has 1 aliphatic carbocycles. The van der Waals surface area contributed by atoms with Gasteiger partial charge in [-0.2, -0.15) is 0 Å². The van der Waals surface area contributed by atoms with E-state index in [9.17, 15) is 4.79 Å². The molecule has 1 atom stereocenters. The first-order chi connectivity index (χ1) is 11.5. The first-order valence-corrected chi connectivity index (χ1v) is 9.26. The molecule has 0 radical (unpaired) electrons. The first-order valence-electron chi connectivity index (χ1n) is 8.88. The minimum atomic E-state index is -0.151. The molecule has 0 aromatic heterocycles. The highest BCUT2D eigenvalue weighted by atomic mass is 35.5. The predicted octanol–water partition coefficient (Wildman–Crippen LogP) is 4.38. The first kappa shape index (κ1) is 20.3. The third kappa shape index (κ3) is 3.91. The summed E-state index contributed by atoms with van der Waals surface area (Å²) in [4.78, 5) is 14.2. The molecule has 2 N–H and O–H groups in total. The highest BCUT2D eigenvalue weighted by molar-refractivity contribution is 6.30. The molecule has 1 aromatic carbocycles. The van der Waals surface area contributed by atoms with E-state index >= 15 is 0 Å². The molecule has 2 fully saturated rings. The minimum absolute atomic E-state index is 0. The number of ether oxygens (including phenoxy) is 1. The van der Waals surface area contributed by atoms with E-state index in [4.69, 9.17) is 22.1 Å². The van der Waals surface area contributed by atoms with Gasteiger partial charge in [0.25, 0.3) is 0 Å². The normalized spacial score (nSPS) is 29.5. The number of nitrogens with zero attached hydrogens (tertiary/aromatic N) is 1. The predicted molar refractivity (Wildman–Crippen MR) is 104 cm³/mol. The number of benzene rings is 1. The standard InChI is InChI=1S/C19H27ClN2O2.ClH/c1-13(2)17-11-24-18(23)22(17)16-6-8-19(12-21,9-7-16)14-4-3-5-15(20)10-14;/h3-5,10,13,16-17H,6-9,11-12,21H2,1-2H3;1H/t16-,17-,19-;/m1./s1. The van der Waals surface area contributed by atoms with Crippen LogP contribution in [0.5, 0.6) is 0 Å². The Morgan fingerprint density at radius 2 is 2.04 bits per heavy atom. The molecule has 1 heterocycles. The Kier molecular flexibility index (Phi) is 6.63. The van der Waals surface area contributed by atoms with Gasteiger partial charge in [-0.1, -0.05) is 37.6 Å². The number of carbonyl (C=O) groups excluding carboxylic acids is 1. The van der Waals surface area contributed by atoms with E-state index in [-0.39, 0.29) is 36.0 Å². The van der Waals surface area contributed by atoms with E-state index in [2.05, 4.69) is 19.9 Å². The number of rotatable bonds is 4. The molecule has 2 aliphatic rings. The van der Waals surface area contributed by atoms with Crippen LogP contribution in [0, 0.1) is 5.92 Å². The Morgan fingerprint density at radius 1 is 1.36 bits per heavy atom. The van der Waals surface area contributed by atoms with Gasteiger partial charge in [-0.15, -0.1) is 12.4 Å². The maximum atomic E-state index is 12.2. The quantitative estimate of drug-likeness (QED) is 0.834. The number of halogens is 2. The Balaban J connectivity index is 0.00000225. The average Bonchev–Trinajstić information content (AvgIpc) is 2.97. The fraction of sp³-hybridized carbons (Fsp3) is 0.632. The van der Waals surface area contributed by atoms with Crippen LogP contribution in [0.15, 0.2) is 24.3 Å².